The van der Waals surface area contributed by atoms with Crippen LogP contribution < -0.4 is 22.1 Å². The number of primary amides is 2. The van der Waals surface area contributed by atoms with Gasteiger partial charge in [0.1, 0.15) is 11.9 Å². The molecule has 1 unspecified atom stereocenters. The van der Waals surface area contributed by atoms with Gasteiger partial charge in [0.2, 0.25) is 5.91 Å². The average Bonchev–Trinajstić information content (AvgIpc) is 3.46. The zero-order valence-corrected chi connectivity index (χ0v) is 16.0. The third-order valence-electron chi connectivity index (χ3n) is 4.42. The van der Waals surface area contributed by atoms with Crippen molar-refractivity contribution in [3.8, 4) is 0 Å². The lowest BCUT2D eigenvalue weighted by molar-refractivity contribution is -0.119. The second-order valence-electron chi connectivity index (χ2n) is 7.42. The minimum atomic E-state index is -0.710. The third-order valence-corrected chi connectivity index (χ3v) is 4.42. The van der Waals surface area contributed by atoms with E-state index in [-0.39, 0.29) is 17.4 Å². The first-order valence-electron chi connectivity index (χ1n) is 9.29. The number of pyridine rings is 1. The van der Waals surface area contributed by atoms with Crippen LogP contribution in [0.25, 0.3) is 0 Å². The predicted octanol–water partition coefficient (Wildman–Crippen LogP) is 1.90. The molecule has 1 saturated carbocycles. The summed E-state index contributed by atoms with van der Waals surface area (Å²) in [6, 6.07) is 3.23. The van der Waals surface area contributed by atoms with E-state index in [1.54, 1.807) is 6.20 Å². The van der Waals surface area contributed by atoms with Crippen LogP contribution in [0.3, 0.4) is 0 Å². The Morgan fingerprint density at radius 1 is 1.18 bits per heavy atom. The molecule has 2 amide bonds. The van der Waals surface area contributed by atoms with Gasteiger partial charge in [-0.15, -0.1) is 0 Å². The molecule has 9 heteroatoms. The summed E-state index contributed by atoms with van der Waals surface area (Å²) in [7, 11) is 0. The molecule has 1 aliphatic rings. The van der Waals surface area contributed by atoms with E-state index in [1.807, 2.05) is 26.0 Å². The third kappa shape index (κ3) is 4.93. The van der Waals surface area contributed by atoms with Gasteiger partial charge in [0.15, 0.2) is 11.5 Å². The van der Waals surface area contributed by atoms with Gasteiger partial charge in [0.25, 0.3) is 5.91 Å². The fourth-order valence-corrected chi connectivity index (χ4v) is 2.86. The van der Waals surface area contributed by atoms with Crippen LogP contribution >= 0.6 is 0 Å². The first-order chi connectivity index (χ1) is 13.3. The highest BCUT2D eigenvalue weighted by atomic mass is 16.1. The quantitative estimate of drug-likeness (QED) is 0.516. The molecule has 0 radical (unpaired) electrons. The Kier molecular flexibility index (Phi) is 5.72. The fraction of sp³-hybridized carbons (Fsp3) is 0.421. The Morgan fingerprint density at radius 2 is 1.93 bits per heavy atom. The van der Waals surface area contributed by atoms with Crippen molar-refractivity contribution in [2.75, 3.05) is 10.6 Å². The summed E-state index contributed by atoms with van der Waals surface area (Å²) in [4.78, 5) is 36.3. The van der Waals surface area contributed by atoms with Crippen LogP contribution in [0.15, 0.2) is 24.5 Å². The molecule has 3 rings (SSSR count). The predicted molar refractivity (Wildman–Crippen MR) is 106 cm³/mol. The van der Waals surface area contributed by atoms with E-state index in [0.717, 1.165) is 5.69 Å². The molecule has 1 atom stereocenters. The molecule has 1 fully saturated rings. The molecule has 0 bridgehead atoms. The van der Waals surface area contributed by atoms with Crippen molar-refractivity contribution in [1.82, 2.24) is 15.0 Å². The molecule has 2 aromatic rings. The number of carbonyl (C=O) groups excluding carboxylic acids is 2. The lowest BCUT2D eigenvalue weighted by Gasteiger charge is -2.18. The van der Waals surface area contributed by atoms with Crippen LogP contribution in [0.4, 0.5) is 17.3 Å². The Hall–Kier alpha value is -3.23. The van der Waals surface area contributed by atoms with Gasteiger partial charge in [-0.2, -0.15) is 0 Å². The van der Waals surface area contributed by atoms with Crippen LogP contribution in [0.2, 0.25) is 0 Å². The zero-order valence-electron chi connectivity index (χ0n) is 16.0. The van der Waals surface area contributed by atoms with Crippen LogP contribution in [-0.2, 0) is 4.79 Å². The molecule has 0 spiro atoms. The molecule has 0 aliphatic heterocycles. The Morgan fingerprint density at radius 3 is 2.46 bits per heavy atom. The number of nitrogens with one attached hydrogen (secondary N) is 2. The summed E-state index contributed by atoms with van der Waals surface area (Å²) in [5.74, 6) is 0.123. The Labute approximate surface area is 163 Å². The minimum absolute atomic E-state index is 0.00342. The minimum Gasteiger partial charge on any atom is -0.368 e. The lowest BCUT2D eigenvalue weighted by atomic mass is 10.0. The highest BCUT2D eigenvalue weighted by molar-refractivity contribution is 5.96. The summed E-state index contributed by atoms with van der Waals surface area (Å²) < 4.78 is 0. The number of nitrogens with zero attached hydrogens (tertiary/aromatic N) is 3. The van der Waals surface area contributed by atoms with E-state index in [1.165, 1.54) is 19.0 Å². The van der Waals surface area contributed by atoms with Crippen molar-refractivity contribution in [3.63, 3.8) is 0 Å². The smallest absolute Gasteiger partial charge is 0.271 e. The van der Waals surface area contributed by atoms with E-state index in [4.69, 9.17) is 11.5 Å². The fourth-order valence-electron chi connectivity index (χ4n) is 2.86. The maximum Gasteiger partial charge on any atom is 0.271 e. The van der Waals surface area contributed by atoms with E-state index in [0.29, 0.717) is 23.8 Å². The highest BCUT2D eigenvalue weighted by Gasteiger charge is 2.24. The first kappa shape index (κ1) is 19.5. The number of anilines is 3. The normalized spacial score (nSPS) is 14.5. The monoisotopic (exact) mass is 383 g/mol. The van der Waals surface area contributed by atoms with E-state index in [2.05, 4.69) is 25.6 Å². The first-order valence-corrected chi connectivity index (χ1v) is 9.29. The molecular weight excluding hydrogens is 358 g/mol. The molecule has 0 saturated heterocycles. The van der Waals surface area contributed by atoms with Crippen LogP contribution in [0.1, 0.15) is 55.2 Å². The molecule has 6 N–H and O–H groups in total. The Balaban J connectivity index is 1.82. The second kappa shape index (κ2) is 8.20. The number of carbonyl (C=O) groups is 2. The van der Waals surface area contributed by atoms with Crippen molar-refractivity contribution in [1.29, 1.82) is 0 Å². The van der Waals surface area contributed by atoms with E-state index < -0.39 is 17.9 Å². The van der Waals surface area contributed by atoms with Gasteiger partial charge in [-0.05, 0) is 37.3 Å². The van der Waals surface area contributed by atoms with E-state index >= 15 is 0 Å². The average molecular weight is 383 g/mol. The van der Waals surface area contributed by atoms with E-state index in [9.17, 15) is 9.59 Å². The number of aromatic nitrogens is 3. The summed E-state index contributed by atoms with van der Waals surface area (Å²) in [5.41, 5.74) is 12.6. The molecule has 28 heavy (non-hydrogen) atoms. The van der Waals surface area contributed by atoms with Gasteiger partial charge < -0.3 is 22.1 Å². The molecule has 0 aromatic carbocycles. The summed E-state index contributed by atoms with van der Waals surface area (Å²) >= 11 is 0. The topological polar surface area (TPSA) is 149 Å². The van der Waals surface area contributed by atoms with Gasteiger partial charge >= 0.3 is 0 Å². The number of hydrogen-bond acceptors (Lipinski definition) is 7. The Bertz CT molecular complexity index is 863. The van der Waals surface area contributed by atoms with Crippen molar-refractivity contribution < 1.29 is 9.59 Å². The van der Waals surface area contributed by atoms with Gasteiger partial charge in [0.05, 0.1) is 18.1 Å². The van der Waals surface area contributed by atoms with Crippen molar-refractivity contribution in [2.24, 2.45) is 17.4 Å². The molecule has 2 aromatic heterocycles. The molecule has 9 nitrogen and oxygen atoms in total. The van der Waals surface area contributed by atoms with Gasteiger partial charge in [-0.1, -0.05) is 13.8 Å². The maximum absolute atomic E-state index is 11.7. The number of rotatable bonds is 9. The number of hydrogen-bond donors (Lipinski definition) is 4. The zero-order chi connectivity index (χ0) is 20.3. The van der Waals surface area contributed by atoms with Crippen LogP contribution in [0.5, 0.6) is 0 Å². The summed E-state index contributed by atoms with van der Waals surface area (Å²) in [5, 5.41) is 6.01. The van der Waals surface area contributed by atoms with Crippen molar-refractivity contribution >= 4 is 29.1 Å². The van der Waals surface area contributed by atoms with Gasteiger partial charge in [-0.25, -0.2) is 9.97 Å². The van der Waals surface area contributed by atoms with Gasteiger partial charge in [0, 0.05) is 11.6 Å². The SMILES string of the molecule is CC(C)CC(Nc1cnc(C(N)=O)c(Nc2ccc(C3CC3)nc2)n1)C(N)=O. The second-order valence-corrected chi connectivity index (χ2v) is 7.42. The molecule has 1 aliphatic carbocycles. The van der Waals surface area contributed by atoms with Crippen LogP contribution in [-0.4, -0.2) is 32.8 Å². The van der Waals surface area contributed by atoms with Crippen molar-refractivity contribution in [3.05, 3.63) is 35.9 Å². The van der Waals surface area contributed by atoms with Crippen molar-refractivity contribution in [2.45, 2.75) is 45.1 Å². The summed E-state index contributed by atoms with van der Waals surface area (Å²) in [6.07, 6.45) is 5.93. The maximum atomic E-state index is 11.7. The molecular formula is C19H25N7O2. The summed E-state index contributed by atoms with van der Waals surface area (Å²) in [6.45, 7) is 3.98. The van der Waals surface area contributed by atoms with Crippen LogP contribution in [0, 0.1) is 5.92 Å². The standard InChI is InChI=1S/C19H25N7O2/c1-10(2)7-14(17(20)27)25-15-9-23-16(18(21)28)19(26-15)24-12-5-6-13(22-8-12)11-3-4-11/h5-6,8-11,14H,3-4,7H2,1-2H3,(H2,20,27)(H2,21,28)(H2,24,25,26). The highest BCUT2D eigenvalue weighted by Crippen LogP contribution is 2.39. The number of nitrogens with two attached hydrogens (primary N) is 2. The molecule has 148 valence electrons. The number of amides is 2. The largest absolute Gasteiger partial charge is 0.368 e. The molecule has 2 heterocycles. The lowest BCUT2D eigenvalue weighted by Crippen LogP contribution is -2.37. The van der Waals surface area contributed by atoms with Gasteiger partial charge in [-0.3, -0.25) is 14.6 Å².